The fourth-order valence-electron chi connectivity index (χ4n) is 1.24. The highest BCUT2D eigenvalue weighted by atomic mass is 16.6. The van der Waals surface area contributed by atoms with Crippen LogP contribution in [0.5, 0.6) is 0 Å². The van der Waals surface area contributed by atoms with E-state index in [1.54, 1.807) is 0 Å². The molecule has 1 aliphatic heterocycles. The molecule has 1 heterocycles. The minimum Gasteiger partial charge on any atom is -0.415 e. The van der Waals surface area contributed by atoms with Crippen LogP contribution in [0.4, 0.5) is 0 Å². The summed E-state index contributed by atoms with van der Waals surface area (Å²) in [5.74, 6) is 0.0115. The fraction of sp³-hybridized carbons (Fsp3) is 0.100. The van der Waals surface area contributed by atoms with E-state index in [4.69, 9.17) is 4.84 Å². The van der Waals surface area contributed by atoms with Crippen LogP contribution < -0.4 is 5.48 Å². The van der Waals surface area contributed by atoms with Crippen molar-refractivity contribution < 1.29 is 9.63 Å². The first-order valence-corrected chi connectivity index (χ1v) is 4.04. The highest BCUT2D eigenvalue weighted by Gasteiger charge is 2.20. The first-order valence-electron chi connectivity index (χ1n) is 4.04. The number of benzene rings is 1. The number of rotatable bonds is 1. The van der Waals surface area contributed by atoms with Crippen LogP contribution in [-0.2, 0) is 9.63 Å². The van der Waals surface area contributed by atoms with Crippen LogP contribution in [0.1, 0.15) is 11.6 Å². The molecule has 1 N–H and O–H groups in total. The summed E-state index contributed by atoms with van der Waals surface area (Å²) in [6.45, 7) is 0. The molecule has 13 heavy (non-hydrogen) atoms. The molecule has 3 heteroatoms. The zero-order valence-corrected chi connectivity index (χ0v) is 6.94. The first kappa shape index (κ1) is 8.01. The van der Waals surface area contributed by atoms with Crippen LogP contribution >= 0.6 is 0 Å². The Balaban J connectivity index is 2.27. The maximum atomic E-state index is 11.4. The Morgan fingerprint density at radius 1 is 1.23 bits per heavy atom. The molecule has 1 atom stereocenters. The van der Waals surface area contributed by atoms with Crippen molar-refractivity contribution in [3.05, 3.63) is 48.2 Å². The van der Waals surface area contributed by atoms with Crippen LogP contribution in [0.3, 0.4) is 0 Å². The maximum Gasteiger partial charge on any atom is 0.183 e. The van der Waals surface area contributed by atoms with Crippen molar-refractivity contribution in [2.24, 2.45) is 0 Å². The van der Waals surface area contributed by atoms with E-state index >= 15 is 0 Å². The zero-order valence-electron chi connectivity index (χ0n) is 6.94. The third-order valence-electron chi connectivity index (χ3n) is 1.90. The lowest BCUT2D eigenvalue weighted by molar-refractivity contribution is -0.121. The van der Waals surface area contributed by atoms with E-state index in [1.807, 2.05) is 30.3 Å². The van der Waals surface area contributed by atoms with Crippen molar-refractivity contribution in [1.82, 2.24) is 5.48 Å². The molecule has 0 bridgehead atoms. The summed E-state index contributed by atoms with van der Waals surface area (Å²) in [6, 6.07) is 9.10. The lowest BCUT2D eigenvalue weighted by Crippen LogP contribution is -2.29. The quantitative estimate of drug-likeness (QED) is 0.700. The summed E-state index contributed by atoms with van der Waals surface area (Å²) >= 11 is 0. The standard InChI is InChI=1S/C10H9NO2/c12-9-6-7-13-11-10(9)8-4-2-1-3-5-8/h1-7,10-11H. The minimum absolute atomic E-state index is 0.0115. The van der Waals surface area contributed by atoms with Crippen molar-refractivity contribution in [3.8, 4) is 0 Å². The van der Waals surface area contributed by atoms with Gasteiger partial charge in [-0.1, -0.05) is 30.3 Å². The lowest BCUT2D eigenvalue weighted by Gasteiger charge is -2.18. The molecular weight excluding hydrogens is 166 g/mol. The number of hydrogen-bond acceptors (Lipinski definition) is 3. The van der Waals surface area contributed by atoms with Gasteiger partial charge in [-0.3, -0.25) is 4.79 Å². The second-order valence-corrected chi connectivity index (χ2v) is 2.78. The zero-order chi connectivity index (χ0) is 9.10. The van der Waals surface area contributed by atoms with E-state index in [0.717, 1.165) is 5.56 Å². The fourth-order valence-corrected chi connectivity index (χ4v) is 1.24. The average Bonchev–Trinajstić information content (AvgIpc) is 2.20. The SMILES string of the molecule is O=C1C=CONC1c1ccccc1. The Morgan fingerprint density at radius 3 is 2.69 bits per heavy atom. The van der Waals surface area contributed by atoms with Crippen LogP contribution in [-0.4, -0.2) is 5.78 Å². The minimum atomic E-state index is -0.369. The third-order valence-corrected chi connectivity index (χ3v) is 1.90. The molecule has 0 radical (unpaired) electrons. The molecule has 0 amide bonds. The molecule has 0 spiro atoms. The van der Waals surface area contributed by atoms with Gasteiger partial charge in [-0.2, -0.15) is 0 Å². The van der Waals surface area contributed by atoms with Gasteiger partial charge in [0, 0.05) is 6.08 Å². The number of carbonyl (C=O) groups excluding carboxylic acids is 1. The number of nitrogens with one attached hydrogen (secondary N) is 1. The summed E-state index contributed by atoms with van der Waals surface area (Å²) in [5.41, 5.74) is 3.56. The van der Waals surface area contributed by atoms with Crippen molar-refractivity contribution in [1.29, 1.82) is 0 Å². The van der Waals surface area contributed by atoms with Gasteiger partial charge in [0.2, 0.25) is 0 Å². The van der Waals surface area contributed by atoms with E-state index < -0.39 is 0 Å². The van der Waals surface area contributed by atoms with Crippen LogP contribution in [0.25, 0.3) is 0 Å². The molecule has 0 saturated carbocycles. The Bertz CT molecular complexity index is 332. The molecule has 0 saturated heterocycles. The summed E-state index contributed by atoms with van der Waals surface area (Å²) in [7, 11) is 0. The van der Waals surface area contributed by atoms with E-state index in [0.29, 0.717) is 0 Å². The van der Waals surface area contributed by atoms with Gasteiger partial charge in [0.1, 0.15) is 12.3 Å². The molecule has 1 unspecified atom stereocenters. The first-order chi connectivity index (χ1) is 6.38. The number of carbonyl (C=O) groups is 1. The molecule has 0 aromatic heterocycles. The Morgan fingerprint density at radius 2 is 2.00 bits per heavy atom. The molecule has 0 aliphatic carbocycles. The maximum absolute atomic E-state index is 11.4. The highest BCUT2D eigenvalue weighted by molar-refractivity contribution is 5.95. The van der Waals surface area contributed by atoms with E-state index in [1.165, 1.54) is 12.3 Å². The third kappa shape index (κ3) is 1.60. The van der Waals surface area contributed by atoms with E-state index in [-0.39, 0.29) is 11.8 Å². The smallest absolute Gasteiger partial charge is 0.183 e. The van der Waals surface area contributed by atoms with Crippen LogP contribution in [0.15, 0.2) is 42.7 Å². The van der Waals surface area contributed by atoms with E-state index in [9.17, 15) is 4.79 Å². The van der Waals surface area contributed by atoms with Gasteiger partial charge in [0.15, 0.2) is 5.78 Å². The Kier molecular flexibility index (Phi) is 2.10. The number of ketones is 1. The van der Waals surface area contributed by atoms with Gasteiger partial charge >= 0.3 is 0 Å². The second kappa shape index (κ2) is 3.41. The van der Waals surface area contributed by atoms with Crippen molar-refractivity contribution in [2.75, 3.05) is 0 Å². The molecular formula is C10H9NO2. The normalized spacial score (nSPS) is 21.2. The molecule has 3 nitrogen and oxygen atoms in total. The average molecular weight is 175 g/mol. The van der Waals surface area contributed by atoms with Gasteiger partial charge in [-0.05, 0) is 5.56 Å². The van der Waals surface area contributed by atoms with Gasteiger partial charge in [-0.25, -0.2) is 0 Å². The Labute approximate surface area is 76.0 Å². The predicted octanol–water partition coefficient (Wildman–Crippen LogP) is 1.35. The molecule has 1 aromatic rings. The lowest BCUT2D eigenvalue weighted by atomic mass is 10.0. The molecule has 0 fully saturated rings. The topological polar surface area (TPSA) is 38.3 Å². The van der Waals surface area contributed by atoms with Gasteiger partial charge in [0.25, 0.3) is 0 Å². The second-order valence-electron chi connectivity index (χ2n) is 2.78. The largest absolute Gasteiger partial charge is 0.415 e. The van der Waals surface area contributed by atoms with Crippen molar-refractivity contribution >= 4 is 5.78 Å². The predicted molar refractivity (Wildman–Crippen MR) is 47.6 cm³/mol. The van der Waals surface area contributed by atoms with Gasteiger partial charge in [0.05, 0.1) is 0 Å². The van der Waals surface area contributed by atoms with Crippen molar-refractivity contribution in [2.45, 2.75) is 6.04 Å². The molecule has 2 rings (SSSR count). The summed E-state index contributed by atoms with van der Waals surface area (Å²) in [4.78, 5) is 16.2. The molecule has 1 aliphatic rings. The number of hydroxylamine groups is 1. The summed E-state index contributed by atoms with van der Waals surface area (Å²) in [6.07, 6.45) is 2.77. The van der Waals surface area contributed by atoms with Crippen molar-refractivity contribution in [3.63, 3.8) is 0 Å². The van der Waals surface area contributed by atoms with Crippen LogP contribution in [0, 0.1) is 0 Å². The van der Waals surface area contributed by atoms with Crippen LogP contribution in [0.2, 0.25) is 0 Å². The van der Waals surface area contributed by atoms with Gasteiger partial charge in [-0.15, -0.1) is 5.48 Å². The summed E-state index contributed by atoms with van der Waals surface area (Å²) in [5, 5.41) is 0. The monoisotopic (exact) mass is 175 g/mol. The molecule has 66 valence electrons. The highest BCUT2D eigenvalue weighted by Crippen LogP contribution is 2.16. The van der Waals surface area contributed by atoms with E-state index in [2.05, 4.69) is 5.48 Å². The summed E-state index contributed by atoms with van der Waals surface area (Å²) < 4.78 is 0. The Hall–Kier alpha value is -1.61. The molecule has 1 aromatic carbocycles. The van der Waals surface area contributed by atoms with Gasteiger partial charge < -0.3 is 4.84 Å². The number of hydrogen-bond donors (Lipinski definition) is 1.